The van der Waals surface area contributed by atoms with Crippen molar-refractivity contribution in [3.05, 3.63) is 11.9 Å². The number of carbonyl (C=O) groups is 3. The van der Waals surface area contributed by atoms with Gasteiger partial charge in [0.25, 0.3) is 0 Å². The number of aromatic nitrogens is 3. The number of hydrogen-bond donors (Lipinski definition) is 1. The molecule has 2 amide bonds. The maximum absolute atomic E-state index is 13.0. The Hall–Kier alpha value is -2.45. The number of piperidine rings is 1. The third kappa shape index (κ3) is 8.24. The summed E-state index contributed by atoms with van der Waals surface area (Å²) in [6.45, 7) is 11.3. The summed E-state index contributed by atoms with van der Waals surface area (Å²) < 4.78 is 6.82. The summed E-state index contributed by atoms with van der Waals surface area (Å²) in [7, 11) is 0. The third-order valence-electron chi connectivity index (χ3n) is 5.69. The molecule has 2 rings (SSSR count). The molecular formula is C23H39N5O4. The summed E-state index contributed by atoms with van der Waals surface area (Å²) in [6.07, 6.45) is 6.59. The van der Waals surface area contributed by atoms with E-state index in [-0.39, 0.29) is 24.2 Å². The standard InChI is InChI=1S/C23H39N5O4/c1-6-17(2)21(19(29)11-10-12-20(30)27-13-8-7-9-14-27)28-16-18(25-26-28)15-24-22(31)32-23(3,4)5/h16-17,21H,6-15H2,1-5H3,(H,24,31)/t17-,21-/m0/s1. The first-order valence-electron chi connectivity index (χ1n) is 11.8. The lowest BCUT2D eigenvalue weighted by Crippen LogP contribution is -2.35. The number of rotatable bonds is 10. The summed E-state index contributed by atoms with van der Waals surface area (Å²) in [5, 5.41) is 10.9. The predicted molar refractivity (Wildman–Crippen MR) is 121 cm³/mol. The molecule has 1 aliphatic rings. The molecule has 2 atom stereocenters. The van der Waals surface area contributed by atoms with E-state index in [4.69, 9.17) is 4.74 Å². The van der Waals surface area contributed by atoms with Gasteiger partial charge in [0.2, 0.25) is 5.91 Å². The number of amides is 2. The molecule has 1 aliphatic heterocycles. The second kappa shape index (κ2) is 12.0. The number of likely N-dealkylation sites (tertiary alicyclic amines) is 1. The maximum Gasteiger partial charge on any atom is 0.407 e. The van der Waals surface area contributed by atoms with Crippen molar-refractivity contribution in [3.8, 4) is 0 Å². The van der Waals surface area contributed by atoms with E-state index in [1.165, 1.54) is 6.42 Å². The highest BCUT2D eigenvalue weighted by Gasteiger charge is 2.27. The van der Waals surface area contributed by atoms with E-state index >= 15 is 0 Å². The van der Waals surface area contributed by atoms with Gasteiger partial charge < -0.3 is 15.0 Å². The van der Waals surface area contributed by atoms with Crippen molar-refractivity contribution in [1.82, 2.24) is 25.2 Å². The van der Waals surface area contributed by atoms with E-state index in [2.05, 4.69) is 15.6 Å². The molecule has 32 heavy (non-hydrogen) atoms. The monoisotopic (exact) mass is 449 g/mol. The molecule has 180 valence electrons. The Bertz CT molecular complexity index is 765. The zero-order valence-corrected chi connectivity index (χ0v) is 20.2. The summed E-state index contributed by atoms with van der Waals surface area (Å²) in [5.41, 5.74) is -0.0252. The Morgan fingerprint density at radius 1 is 1.16 bits per heavy atom. The van der Waals surface area contributed by atoms with Crippen molar-refractivity contribution in [2.75, 3.05) is 13.1 Å². The molecule has 1 aromatic heterocycles. The van der Waals surface area contributed by atoms with E-state index in [0.29, 0.717) is 25.0 Å². The first-order chi connectivity index (χ1) is 15.1. The van der Waals surface area contributed by atoms with Crippen LogP contribution in [0.4, 0.5) is 4.79 Å². The molecule has 0 aliphatic carbocycles. The van der Waals surface area contributed by atoms with Gasteiger partial charge in [0.1, 0.15) is 17.3 Å². The molecule has 1 saturated heterocycles. The molecule has 0 radical (unpaired) electrons. The Labute approximate surface area is 191 Å². The van der Waals surface area contributed by atoms with Gasteiger partial charge in [-0.1, -0.05) is 25.5 Å². The van der Waals surface area contributed by atoms with Crippen LogP contribution in [0.2, 0.25) is 0 Å². The van der Waals surface area contributed by atoms with Crippen molar-refractivity contribution in [1.29, 1.82) is 0 Å². The molecule has 2 heterocycles. The average Bonchev–Trinajstić information content (AvgIpc) is 3.20. The van der Waals surface area contributed by atoms with Crippen LogP contribution < -0.4 is 5.32 Å². The molecule has 1 fully saturated rings. The average molecular weight is 450 g/mol. The van der Waals surface area contributed by atoms with E-state index in [9.17, 15) is 14.4 Å². The van der Waals surface area contributed by atoms with Gasteiger partial charge in [-0.3, -0.25) is 9.59 Å². The zero-order chi connectivity index (χ0) is 23.7. The van der Waals surface area contributed by atoms with E-state index < -0.39 is 17.7 Å². The summed E-state index contributed by atoms with van der Waals surface area (Å²) in [5.74, 6) is 0.282. The van der Waals surface area contributed by atoms with Gasteiger partial charge >= 0.3 is 6.09 Å². The lowest BCUT2D eigenvalue weighted by Gasteiger charge is -2.27. The van der Waals surface area contributed by atoms with Crippen LogP contribution in [0.15, 0.2) is 6.20 Å². The number of ether oxygens (including phenoxy) is 1. The van der Waals surface area contributed by atoms with Crippen molar-refractivity contribution in [2.24, 2.45) is 5.92 Å². The van der Waals surface area contributed by atoms with E-state index in [1.807, 2.05) is 18.7 Å². The molecule has 1 N–H and O–H groups in total. The highest BCUT2D eigenvalue weighted by molar-refractivity contribution is 5.83. The largest absolute Gasteiger partial charge is 0.444 e. The van der Waals surface area contributed by atoms with Gasteiger partial charge in [0.15, 0.2) is 5.78 Å². The quantitative estimate of drug-likeness (QED) is 0.584. The van der Waals surface area contributed by atoms with Crippen molar-refractivity contribution in [3.63, 3.8) is 0 Å². The fraction of sp³-hybridized carbons (Fsp3) is 0.783. The number of Topliss-reactive ketones (excluding diaryl/α,β-unsaturated/α-hetero) is 1. The molecule has 0 bridgehead atoms. The number of carbonyl (C=O) groups excluding carboxylic acids is 3. The van der Waals surface area contributed by atoms with Crippen LogP contribution >= 0.6 is 0 Å². The highest BCUT2D eigenvalue weighted by atomic mass is 16.6. The lowest BCUT2D eigenvalue weighted by atomic mass is 9.93. The Kier molecular flexibility index (Phi) is 9.65. The van der Waals surface area contributed by atoms with E-state index in [1.54, 1.807) is 31.6 Å². The molecule has 9 nitrogen and oxygen atoms in total. The summed E-state index contributed by atoms with van der Waals surface area (Å²) in [6, 6.07) is -0.437. The third-order valence-corrected chi connectivity index (χ3v) is 5.69. The second-order valence-electron chi connectivity index (χ2n) is 9.64. The van der Waals surface area contributed by atoms with Crippen LogP contribution in [0.3, 0.4) is 0 Å². The SMILES string of the molecule is CC[C@H](C)[C@@H](C(=O)CCCC(=O)N1CCCCC1)n1cc(CNC(=O)OC(C)(C)C)nn1. The minimum atomic E-state index is -0.578. The van der Waals surface area contributed by atoms with Crippen LogP contribution in [0, 0.1) is 5.92 Å². The lowest BCUT2D eigenvalue weighted by molar-refractivity contribution is -0.132. The number of nitrogens with zero attached hydrogens (tertiary/aromatic N) is 4. The van der Waals surface area contributed by atoms with Crippen LogP contribution in [0.5, 0.6) is 0 Å². The van der Waals surface area contributed by atoms with Crippen LogP contribution in [0.1, 0.15) is 91.3 Å². The normalized spacial score (nSPS) is 16.3. The van der Waals surface area contributed by atoms with Crippen molar-refractivity contribution >= 4 is 17.8 Å². The van der Waals surface area contributed by atoms with Gasteiger partial charge in [-0.25, -0.2) is 9.48 Å². The van der Waals surface area contributed by atoms with Gasteiger partial charge in [0, 0.05) is 25.9 Å². The number of ketones is 1. The molecular weight excluding hydrogens is 410 g/mol. The molecule has 0 spiro atoms. The van der Waals surface area contributed by atoms with Crippen LogP contribution in [-0.2, 0) is 20.9 Å². The van der Waals surface area contributed by atoms with Crippen LogP contribution in [-0.4, -0.2) is 56.4 Å². The Morgan fingerprint density at radius 3 is 2.47 bits per heavy atom. The summed E-state index contributed by atoms with van der Waals surface area (Å²) >= 11 is 0. The Morgan fingerprint density at radius 2 is 1.84 bits per heavy atom. The van der Waals surface area contributed by atoms with Crippen molar-refractivity contribution < 1.29 is 19.1 Å². The molecule has 0 saturated carbocycles. The second-order valence-corrected chi connectivity index (χ2v) is 9.64. The highest BCUT2D eigenvalue weighted by Crippen LogP contribution is 2.24. The first kappa shape index (κ1) is 25.8. The van der Waals surface area contributed by atoms with Gasteiger partial charge in [0.05, 0.1) is 12.7 Å². The maximum atomic E-state index is 13.0. The predicted octanol–water partition coefficient (Wildman–Crippen LogP) is 3.64. The smallest absolute Gasteiger partial charge is 0.407 e. The first-order valence-corrected chi connectivity index (χ1v) is 11.8. The molecule has 9 heteroatoms. The fourth-order valence-electron chi connectivity index (χ4n) is 3.82. The summed E-state index contributed by atoms with van der Waals surface area (Å²) in [4.78, 5) is 39.2. The fourth-order valence-corrected chi connectivity index (χ4v) is 3.82. The minimum absolute atomic E-state index is 0.0577. The van der Waals surface area contributed by atoms with Gasteiger partial charge in [-0.05, 0) is 52.4 Å². The van der Waals surface area contributed by atoms with Gasteiger partial charge in [-0.15, -0.1) is 5.10 Å². The Balaban J connectivity index is 1.91. The number of alkyl carbamates (subject to hydrolysis) is 1. The zero-order valence-electron chi connectivity index (χ0n) is 20.2. The van der Waals surface area contributed by atoms with Crippen LogP contribution in [0.25, 0.3) is 0 Å². The minimum Gasteiger partial charge on any atom is -0.444 e. The molecule has 0 aromatic carbocycles. The number of hydrogen-bond acceptors (Lipinski definition) is 6. The molecule has 0 unspecified atom stereocenters. The van der Waals surface area contributed by atoms with Crippen molar-refractivity contribution in [2.45, 2.75) is 97.8 Å². The number of nitrogens with one attached hydrogen (secondary N) is 1. The topological polar surface area (TPSA) is 106 Å². The van der Waals surface area contributed by atoms with Gasteiger partial charge in [-0.2, -0.15) is 0 Å². The molecule has 1 aromatic rings. The van der Waals surface area contributed by atoms with E-state index in [0.717, 1.165) is 32.4 Å².